The zero-order chi connectivity index (χ0) is 18.4. The smallest absolute Gasteiger partial charge is 0.387 e. The van der Waals surface area contributed by atoms with Crippen LogP contribution in [0.15, 0.2) is 36.4 Å². The zero-order valence-electron chi connectivity index (χ0n) is 13.9. The van der Waals surface area contributed by atoms with Crippen molar-refractivity contribution < 1.29 is 23.0 Å². The van der Waals surface area contributed by atoms with E-state index in [0.717, 1.165) is 5.56 Å². The quantitative estimate of drug-likeness (QED) is 0.736. The van der Waals surface area contributed by atoms with Crippen molar-refractivity contribution in [2.24, 2.45) is 0 Å². The van der Waals surface area contributed by atoms with Gasteiger partial charge in [0.1, 0.15) is 5.75 Å². The molecule has 134 valence electrons. The van der Waals surface area contributed by atoms with E-state index in [9.17, 15) is 8.78 Å². The lowest BCUT2D eigenvalue weighted by molar-refractivity contribution is -0.0498. The average Bonchev–Trinajstić information content (AvgIpc) is 2.56. The van der Waals surface area contributed by atoms with E-state index in [2.05, 4.69) is 15.4 Å². The molecule has 0 heterocycles. The zero-order valence-corrected chi connectivity index (χ0v) is 14.7. The largest absolute Gasteiger partial charge is 0.493 e. The normalized spacial score (nSPS) is 10.3. The van der Waals surface area contributed by atoms with Crippen LogP contribution in [0.1, 0.15) is 5.56 Å². The number of rotatable bonds is 6. The van der Waals surface area contributed by atoms with Crippen LogP contribution < -0.4 is 24.8 Å². The Balaban J connectivity index is 2.05. The Bertz CT molecular complexity index is 757. The van der Waals surface area contributed by atoms with Crippen LogP contribution in [0.3, 0.4) is 0 Å². The van der Waals surface area contributed by atoms with Crippen LogP contribution in [-0.2, 0) is 0 Å². The highest BCUT2D eigenvalue weighted by atomic mass is 32.1. The molecule has 0 bridgehead atoms. The van der Waals surface area contributed by atoms with Crippen molar-refractivity contribution in [2.45, 2.75) is 13.5 Å². The molecule has 2 N–H and O–H groups in total. The van der Waals surface area contributed by atoms with Gasteiger partial charge in [0.05, 0.1) is 14.2 Å². The number of hydrogen-bond donors (Lipinski definition) is 2. The Morgan fingerprint density at radius 3 is 2.32 bits per heavy atom. The third-order valence-electron chi connectivity index (χ3n) is 3.31. The van der Waals surface area contributed by atoms with Crippen molar-refractivity contribution in [3.8, 4) is 17.2 Å². The van der Waals surface area contributed by atoms with E-state index in [1.54, 1.807) is 45.4 Å². The summed E-state index contributed by atoms with van der Waals surface area (Å²) < 4.78 is 39.2. The monoisotopic (exact) mass is 368 g/mol. The first-order valence-electron chi connectivity index (χ1n) is 7.28. The molecule has 0 unspecified atom stereocenters. The summed E-state index contributed by atoms with van der Waals surface area (Å²) in [5.74, 6) is 1.27. The number of thiocarbonyl (C=S) groups is 1. The summed E-state index contributed by atoms with van der Waals surface area (Å²) in [6, 6.07) is 9.87. The molecule has 0 aliphatic carbocycles. The summed E-state index contributed by atoms with van der Waals surface area (Å²) in [5.41, 5.74) is 2.11. The summed E-state index contributed by atoms with van der Waals surface area (Å²) in [6.07, 6.45) is 0. The summed E-state index contributed by atoms with van der Waals surface area (Å²) in [6.45, 7) is -1.09. The van der Waals surface area contributed by atoms with E-state index in [0.29, 0.717) is 28.0 Å². The van der Waals surface area contributed by atoms with Gasteiger partial charge >= 0.3 is 6.61 Å². The Kier molecular flexibility index (Phi) is 6.35. The van der Waals surface area contributed by atoms with Gasteiger partial charge in [-0.05, 0) is 55.0 Å². The van der Waals surface area contributed by atoms with E-state index in [1.807, 2.05) is 0 Å². The number of anilines is 2. The number of benzene rings is 2. The molecule has 0 aromatic heterocycles. The highest BCUT2D eigenvalue weighted by Gasteiger charge is 2.09. The maximum Gasteiger partial charge on any atom is 0.387 e. The molecule has 8 heteroatoms. The molecule has 0 atom stereocenters. The SMILES string of the molecule is COc1ccc(NC(=S)Nc2ccc(OC(F)F)cc2C)cc1OC. The number of nitrogens with one attached hydrogen (secondary N) is 2. The van der Waals surface area contributed by atoms with E-state index >= 15 is 0 Å². The van der Waals surface area contributed by atoms with E-state index in [1.165, 1.54) is 12.1 Å². The van der Waals surface area contributed by atoms with Crippen molar-refractivity contribution in [1.29, 1.82) is 0 Å². The molecule has 5 nitrogen and oxygen atoms in total. The van der Waals surface area contributed by atoms with Gasteiger partial charge in [-0.25, -0.2) is 0 Å². The minimum atomic E-state index is -2.86. The lowest BCUT2D eigenvalue weighted by Crippen LogP contribution is -2.19. The Hall–Kier alpha value is -2.61. The van der Waals surface area contributed by atoms with Crippen molar-refractivity contribution in [3.63, 3.8) is 0 Å². The Labute approximate surface area is 149 Å². The van der Waals surface area contributed by atoms with Crippen LogP contribution in [0, 0.1) is 6.92 Å². The second-order valence-electron chi connectivity index (χ2n) is 5.00. The van der Waals surface area contributed by atoms with Crippen LogP contribution >= 0.6 is 12.2 Å². The third kappa shape index (κ3) is 5.18. The first kappa shape index (κ1) is 18.7. The van der Waals surface area contributed by atoms with Gasteiger partial charge in [-0.1, -0.05) is 0 Å². The molecular formula is C17H18F2N2O3S. The standard InChI is InChI=1S/C17H18F2N2O3S/c1-10-8-12(24-16(18)19)5-6-13(10)21-17(25)20-11-4-7-14(22-2)15(9-11)23-3/h4-9,16H,1-3H3,(H2,20,21,25). The highest BCUT2D eigenvalue weighted by Crippen LogP contribution is 2.30. The molecule has 0 saturated carbocycles. The number of ether oxygens (including phenoxy) is 3. The maximum absolute atomic E-state index is 12.2. The number of methoxy groups -OCH3 is 2. The first-order chi connectivity index (χ1) is 11.9. The predicted octanol–water partition coefficient (Wildman–Crippen LogP) is 4.42. The van der Waals surface area contributed by atoms with Gasteiger partial charge in [0.2, 0.25) is 0 Å². The molecule has 2 aromatic rings. The maximum atomic E-state index is 12.2. The summed E-state index contributed by atoms with van der Waals surface area (Å²) >= 11 is 5.28. The fraction of sp³-hybridized carbons (Fsp3) is 0.235. The molecule has 0 spiro atoms. The van der Waals surface area contributed by atoms with Crippen LogP contribution in [0.2, 0.25) is 0 Å². The lowest BCUT2D eigenvalue weighted by Gasteiger charge is -2.15. The van der Waals surface area contributed by atoms with Gasteiger partial charge in [-0.2, -0.15) is 8.78 Å². The second-order valence-corrected chi connectivity index (χ2v) is 5.41. The van der Waals surface area contributed by atoms with Gasteiger partial charge in [-0.3, -0.25) is 0 Å². The van der Waals surface area contributed by atoms with Gasteiger partial charge in [-0.15, -0.1) is 0 Å². The van der Waals surface area contributed by atoms with Gasteiger partial charge in [0.25, 0.3) is 0 Å². The highest BCUT2D eigenvalue weighted by molar-refractivity contribution is 7.80. The molecule has 0 aliphatic heterocycles. The van der Waals surface area contributed by atoms with Crippen molar-refractivity contribution in [2.75, 3.05) is 24.9 Å². The Morgan fingerprint density at radius 1 is 1.00 bits per heavy atom. The molecule has 0 amide bonds. The molecule has 25 heavy (non-hydrogen) atoms. The molecule has 0 saturated heterocycles. The van der Waals surface area contributed by atoms with Crippen molar-refractivity contribution >= 4 is 28.7 Å². The van der Waals surface area contributed by atoms with Crippen molar-refractivity contribution in [1.82, 2.24) is 0 Å². The minimum absolute atomic E-state index is 0.0943. The molecule has 2 rings (SSSR count). The molecule has 0 fully saturated rings. The van der Waals surface area contributed by atoms with Gasteiger partial charge in [0.15, 0.2) is 16.6 Å². The fourth-order valence-corrected chi connectivity index (χ4v) is 2.38. The van der Waals surface area contributed by atoms with E-state index in [-0.39, 0.29) is 5.75 Å². The lowest BCUT2D eigenvalue weighted by atomic mass is 10.2. The van der Waals surface area contributed by atoms with Gasteiger partial charge < -0.3 is 24.8 Å². The van der Waals surface area contributed by atoms with Gasteiger partial charge in [0, 0.05) is 17.4 Å². The Morgan fingerprint density at radius 2 is 1.72 bits per heavy atom. The number of alkyl halides is 2. The number of halogens is 2. The fourth-order valence-electron chi connectivity index (χ4n) is 2.15. The van der Waals surface area contributed by atoms with Crippen molar-refractivity contribution in [3.05, 3.63) is 42.0 Å². The molecule has 0 radical (unpaired) electrons. The van der Waals surface area contributed by atoms with Crippen LogP contribution in [0.5, 0.6) is 17.2 Å². The summed E-state index contributed by atoms with van der Waals surface area (Å²) in [4.78, 5) is 0. The molecule has 0 aliphatic rings. The predicted molar refractivity (Wildman–Crippen MR) is 97.2 cm³/mol. The number of hydrogen-bond acceptors (Lipinski definition) is 4. The average molecular weight is 368 g/mol. The van der Waals surface area contributed by atoms with Crippen LogP contribution in [0.4, 0.5) is 20.2 Å². The van der Waals surface area contributed by atoms with Crippen LogP contribution in [0.25, 0.3) is 0 Å². The summed E-state index contributed by atoms with van der Waals surface area (Å²) in [7, 11) is 3.10. The topological polar surface area (TPSA) is 51.8 Å². The minimum Gasteiger partial charge on any atom is -0.493 e. The first-order valence-corrected chi connectivity index (χ1v) is 7.69. The number of aryl methyl sites for hydroxylation is 1. The van der Waals surface area contributed by atoms with E-state index in [4.69, 9.17) is 21.7 Å². The second kappa shape index (κ2) is 8.48. The van der Waals surface area contributed by atoms with Crippen LogP contribution in [-0.4, -0.2) is 25.9 Å². The van der Waals surface area contributed by atoms with E-state index < -0.39 is 6.61 Å². The summed E-state index contributed by atoms with van der Waals surface area (Å²) in [5, 5.41) is 6.38. The molecular weight excluding hydrogens is 350 g/mol. The third-order valence-corrected chi connectivity index (χ3v) is 3.52. The molecule has 2 aromatic carbocycles.